The highest BCUT2D eigenvalue weighted by Crippen LogP contribution is 2.38. The normalized spacial score (nSPS) is 13.2. The molecule has 188 valence electrons. The minimum atomic E-state index is -0.534. The number of pyridine rings is 1. The molecule has 6 rings (SSSR count). The van der Waals surface area contributed by atoms with Gasteiger partial charge in [0.05, 0.1) is 32.9 Å². The maximum absolute atomic E-state index is 13.7. The van der Waals surface area contributed by atoms with Gasteiger partial charge in [-0.05, 0) is 47.0 Å². The Balaban J connectivity index is 1.46. The average molecular weight is 545 g/mol. The molecule has 1 aliphatic heterocycles. The molecule has 1 aliphatic rings. The van der Waals surface area contributed by atoms with Gasteiger partial charge in [-0.1, -0.05) is 46.6 Å². The summed E-state index contributed by atoms with van der Waals surface area (Å²) in [5, 5.41) is 31.9. The van der Waals surface area contributed by atoms with E-state index in [4.69, 9.17) is 23.2 Å². The Morgan fingerprint density at radius 2 is 1.92 bits per heavy atom. The lowest BCUT2D eigenvalue weighted by molar-refractivity contribution is 0.628. The summed E-state index contributed by atoms with van der Waals surface area (Å²) in [7, 11) is 0. The van der Waals surface area contributed by atoms with Crippen LogP contribution in [0.2, 0.25) is 10.0 Å². The zero-order valence-corrected chi connectivity index (χ0v) is 21.2. The summed E-state index contributed by atoms with van der Waals surface area (Å²) in [6.45, 7) is 1.56. The van der Waals surface area contributed by atoms with E-state index in [9.17, 15) is 9.65 Å². The lowest BCUT2D eigenvalue weighted by Gasteiger charge is -2.22. The molecule has 0 saturated carbocycles. The Bertz CT molecular complexity index is 1720. The molecule has 0 unspecified atom stereocenters. The summed E-state index contributed by atoms with van der Waals surface area (Å²) >= 11 is 12.7. The van der Waals surface area contributed by atoms with Crippen LogP contribution in [0.1, 0.15) is 34.0 Å². The molecule has 5 aromatic rings. The molecule has 0 fully saturated rings. The number of nitrogens with one attached hydrogen (secondary N) is 4. The number of aromatic nitrogens is 4. The molecule has 3 aromatic carbocycles. The van der Waals surface area contributed by atoms with E-state index >= 15 is 0 Å². The van der Waals surface area contributed by atoms with Gasteiger partial charge in [-0.2, -0.15) is 5.26 Å². The number of anilines is 3. The Hall–Kier alpha value is -4.23. The predicted octanol–water partition coefficient (Wildman–Crippen LogP) is 6.22. The van der Waals surface area contributed by atoms with Crippen molar-refractivity contribution in [2.45, 2.75) is 19.1 Å². The molecule has 0 saturated heterocycles. The van der Waals surface area contributed by atoms with Crippen molar-refractivity contribution in [3.63, 3.8) is 0 Å². The first-order valence-corrected chi connectivity index (χ1v) is 12.5. The monoisotopic (exact) mass is 544 g/mol. The minimum absolute atomic E-state index is 0.0346. The van der Waals surface area contributed by atoms with E-state index < -0.39 is 5.82 Å². The van der Waals surface area contributed by atoms with Crippen molar-refractivity contribution in [3.8, 4) is 6.07 Å². The minimum Gasteiger partial charge on any atom is -0.373 e. The van der Waals surface area contributed by atoms with Crippen molar-refractivity contribution in [2.24, 2.45) is 0 Å². The van der Waals surface area contributed by atoms with Gasteiger partial charge in [-0.3, -0.25) is 10.1 Å². The smallest absolute Gasteiger partial charge is 0.141 e. The molecular weight excluding hydrogens is 526 g/mol. The fourth-order valence-electron chi connectivity index (χ4n) is 4.74. The van der Waals surface area contributed by atoms with Gasteiger partial charge >= 0.3 is 0 Å². The number of nitrogens with zero attached hydrogens (tertiary/aromatic N) is 4. The van der Waals surface area contributed by atoms with Gasteiger partial charge in [0.15, 0.2) is 0 Å². The van der Waals surface area contributed by atoms with E-state index in [1.54, 1.807) is 18.3 Å². The van der Waals surface area contributed by atoms with Gasteiger partial charge in [-0.25, -0.2) is 4.39 Å². The van der Waals surface area contributed by atoms with Crippen LogP contribution in [-0.4, -0.2) is 20.4 Å². The van der Waals surface area contributed by atoms with E-state index in [2.05, 4.69) is 54.5 Å². The highest BCUT2D eigenvalue weighted by Gasteiger charge is 2.24. The molecule has 0 bridgehead atoms. The van der Waals surface area contributed by atoms with Gasteiger partial charge in [0.1, 0.15) is 17.6 Å². The molecule has 3 heterocycles. The number of nitriles is 1. The van der Waals surface area contributed by atoms with Crippen molar-refractivity contribution < 1.29 is 4.39 Å². The second kappa shape index (κ2) is 9.91. The summed E-state index contributed by atoms with van der Waals surface area (Å²) in [6, 6.07) is 16.0. The highest BCUT2D eigenvalue weighted by molar-refractivity contribution is 6.36. The van der Waals surface area contributed by atoms with Crippen molar-refractivity contribution in [1.29, 1.82) is 5.26 Å². The van der Waals surface area contributed by atoms with Gasteiger partial charge in [-0.15, -0.1) is 5.10 Å². The fraction of sp³-hybridized carbons (Fsp3) is 0.111. The Labute approximate surface area is 226 Å². The first-order chi connectivity index (χ1) is 18.5. The van der Waals surface area contributed by atoms with Crippen LogP contribution in [0.15, 0.2) is 60.9 Å². The third kappa shape index (κ3) is 4.39. The van der Waals surface area contributed by atoms with Crippen molar-refractivity contribution in [3.05, 3.63) is 105 Å². The van der Waals surface area contributed by atoms with Crippen LogP contribution in [0, 0.1) is 17.1 Å². The Morgan fingerprint density at radius 3 is 2.71 bits per heavy atom. The molecule has 0 radical (unpaired) electrons. The van der Waals surface area contributed by atoms with Crippen LogP contribution in [0.5, 0.6) is 0 Å². The third-order valence-corrected chi connectivity index (χ3v) is 7.09. The summed E-state index contributed by atoms with van der Waals surface area (Å²) in [5.41, 5.74) is 6.73. The lowest BCUT2D eigenvalue weighted by Crippen LogP contribution is -2.15. The maximum Gasteiger partial charge on any atom is 0.141 e. The summed E-state index contributed by atoms with van der Waals surface area (Å²) < 4.78 is 13.7. The zero-order chi connectivity index (χ0) is 26.2. The fourth-order valence-corrected chi connectivity index (χ4v) is 5.19. The molecule has 2 aromatic heterocycles. The average Bonchev–Trinajstić information content (AvgIpc) is 3.62. The number of aromatic amines is 1. The second-order valence-electron chi connectivity index (χ2n) is 8.83. The van der Waals surface area contributed by atoms with E-state index in [1.807, 2.05) is 12.1 Å². The number of hydrogen-bond acceptors (Lipinski definition) is 7. The third-order valence-electron chi connectivity index (χ3n) is 6.51. The number of hydrogen-bond donors (Lipinski definition) is 4. The number of H-pyrrole nitrogens is 1. The first kappa shape index (κ1) is 24.1. The van der Waals surface area contributed by atoms with Gasteiger partial charge in [0, 0.05) is 42.2 Å². The largest absolute Gasteiger partial charge is 0.373 e. The van der Waals surface area contributed by atoms with E-state index in [-0.39, 0.29) is 11.1 Å². The van der Waals surface area contributed by atoms with E-state index in [1.165, 1.54) is 29.5 Å². The van der Waals surface area contributed by atoms with Crippen molar-refractivity contribution in [1.82, 2.24) is 25.7 Å². The van der Waals surface area contributed by atoms with Crippen LogP contribution >= 0.6 is 23.2 Å². The molecule has 4 N–H and O–H groups in total. The molecule has 0 amide bonds. The highest BCUT2D eigenvalue weighted by atomic mass is 35.5. The Morgan fingerprint density at radius 1 is 1.05 bits per heavy atom. The lowest BCUT2D eigenvalue weighted by atomic mass is 9.95. The topological polar surface area (TPSA) is 114 Å². The predicted molar refractivity (Wildman–Crippen MR) is 145 cm³/mol. The van der Waals surface area contributed by atoms with Crippen LogP contribution in [-0.2, 0) is 13.1 Å². The summed E-state index contributed by atoms with van der Waals surface area (Å²) in [5.74, 6) is -0.534. The SMILES string of the molecule is N#Cc1cnc2c(Cl)cc(N[C@H](c3c[nH]nn3)c3cccc4c3CNC4)cc2c1Nc1ccc(F)c(Cl)c1. The standard InChI is InChI=1S/C27H19Cl2FN8/c28-21-7-16(4-5-23(21)30)35-25-15(9-31)11-33-26-19(25)6-17(8-22(26)29)36-27(24-13-34-38-37-24)18-3-1-2-14-10-32-12-20(14)18/h1-8,11,13,27,32,36H,10,12H2,(H,33,35)(H,34,37,38)/t27-/m0/s1. The summed E-state index contributed by atoms with van der Waals surface area (Å²) in [6.07, 6.45) is 3.20. The molecule has 1 atom stereocenters. The van der Waals surface area contributed by atoms with E-state index in [0.29, 0.717) is 44.2 Å². The molecule has 0 aliphatic carbocycles. The summed E-state index contributed by atoms with van der Waals surface area (Å²) in [4.78, 5) is 4.42. The number of benzene rings is 3. The van der Waals surface area contributed by atoms with Crippen LogP contribution in [0.3, 0.4) is 0 Å². The van der Waals surface area contributed by atoms with Crippen molar-refractivity contribution in [2.75, 3.05) is 10.6 Å². The first-order valence-electron chi connectivity index (χ1n) is 11.7. The molecule has 11 heteroatoms. The van der Waals surface area contributed by atoms with Crippen LogP contribution < -0.4 is 16.0 Å². The molecule has 8 nitrogen and oxygen atoms in total. The zero-order valence-electron chi connectivity index (χ0n) is 19.7. The van der Waals surface area contributed by atoms with Gasteiger partial charge in [0.2, 0.25) is 0 Å². The van der Waals surface area contributed by atoms with E-state index in [0.717, 1.165) is 18.7 Å². The number of halogens is 3. The van der Waals surface area contributed by atoms with Crippen LogP contribution in [0.4, 0.5) is 21.5 Å². The number of fused-ring (bicyclic) bond motifs is 2. The quantitative estimate of drug-likeness (QED) is 0.200. The van der Waals surface area contributed by atoms with Crippen LogP contribution in [0.25, 0.3) is 10.9 Å². The molecule has 0 spiro atoms. The van der Waals surface area contributed by atoms with Gasteiger partial charge in [0.25, 0.3) is 0 Å². The van der Waals surface area contributed by atoms with Crippen molar-refractivity contribution >= 4 is 51.2 Å². The molecular formula is C27H19Cl2FN8. The number of rotatable bonds is 6. The Kier molecular flexibility index (Phi) is 6.29. The molecule has 38 heavy (non-hydrogen) atoms. The maximum atomic E-state index is 13.7. The van der Waals surface area contributed by atoms with Gasteiger partial charge < -0.3 is 16.0 Å². The second-order valence-corrected chi connectivity index (χ2v) is 9.65.